The topological polar surface area (TPSA) is 26.0 Å². The summed E-state index contributed by atoms with van der Waals surface area (Å²) in [4.78, 5) is 0. The Bertz CT molecular complexity index is 56.0. The number of hydrogen-bond donors (Lipinski definition) is 1. The minimum Gasteiger partial charge on any atom is -0.330 e. The average molecular weight is 173 g/mol. The summed E-state index contributed by atoms with van der Waals surface area (Å²) in [7, 11) is 0. The molecular weight excluding hydrogens is 146 g/mol. The van der Waals surface area contributed by atoms with Crippen molar-refractivity contribution in [3.8, 4) is 0 Å². The zero-order valence-corrected chi connectivity index (χ0v) is 9.40. The summed E-state index contributed by atoms with van der Waals surface area (Å²) in [5.74, 6) is 0.884. The Labute approximate surface area is 78.7 Å². The molecule has 1 heteroatoms. The Morgan fingerprint density at radius 2 is 1.50 bits per heavy atom. The fourth-order valence-corrected chi connectivity index (χ4v) is 0.571. The SMILES string of the molecule is CCC(C)C.CCCCCCN. The first-order valence-corrected chi connectivity index (χ1v) is 5.39. The van der Waals surface area contributed by atoms with E-state index in [2.05, 4.69) is 27.7 Å². The molecule has 0 radical (unpaired) electrons. The lowest BCUT2D eigenvalue weighted by Gasteiger charge is -1.90. The highest BCUT2D eigenvalue weighted by molar-refractivity contribution is 4.38. The van der Waals surface area contributed by atoms with Gasteiger partial charge in [0.1, 0.15) is 0 Å². The lowest BCUT2D eigenvalue weighted by atomic mass is 10.2. The van der Waals surface area contributed by atoms with Gasteiger partial charge >= 0.3 is 0 Å². The van der Waals surface area contributed by atoms with Gasteiger partial charge in [-0.1, -0.05) is 53.4 Å². The van der Waals surface area contributed by atoms with E-state index in [1.54, 1.807) is 0 Å². The smallest absolute Gasteiger partial charge is 0.00773 e. The van der Waals surface area contributed by atoms with E-state index in [1.165, 1.54) is 32.1 Å². The van der Waals surface area contributed by atoms with E-state index < -0.39 is 0 Å². The Morgan fingerprint density at radius 3 is 1.75 bits per heavy atom. The molecule has 0 unspecified atom stereocenters. The molecule has 0 fully saturated rings. The summed E-state index contributed by atoms with van der Waals surface area (Å²) in [6.45, 7) is 9.71. The maximum Gasteiger partial charge on any atom is -0.00773 e. The normalized spacial score (nSPS) is 9.50. The average Bonchev–Trinajstić information content (AvgIpc) is 2.07. The van der Waals surface area contributed by atoms with Crippen LogP contribution < -0.4 is 5.73 Å². The van der Waals surface area contributed by atoms with Crippen molar-refractivity contribution in [3.63, 3.8) is 0 Å². The van der Waals surface area contributed by atoms with E-state index in [0.29, 0.717) is 0 Å². The van der Waals surface area contributed by atoms with Gasteiger partial charge in [-0.25, -0.2) is 0 Å². The van der Waals surface area contributed by atoms with Crippen LogP contribution in [0.1, 0.15) is 59.8 Å². The summed E-state index contributed by atoms with van der Waals surface area (Å²) < 4.78 is 0. The number of hydrogen-bond acceptors (Lipinski definition) is 1. The molecule has 0 amide bonds. The van der Waals surface area contributed by atoms with Crippen molar-refractivity contribution < 1.29 is 0 Å². The quantitative estimate of drug-likeness (QED) is 0.632. The Kier molecular flexibility index (Phi) is 16.3. The van der Waals surface area contributed by atoms with Gasteiger partial charge in [0.15, 0.2) is 0 Å². The first-order valence-electron chi connectivity index (χ1n) is 5.39. The summed E-state index contributed by atoms with van der Waals surface area (Å²) in [6.07, 6.45) is 6.47. The maximum absolute atomic E-state index is 5.27. The molecule has 0 rings (SSSR count). The van der Waals surface area contributed by atoms with Crippen LogP contribution in [0.25, 0.3) is 0 Å². The molecule has 0 aliphatic carbocycles. The van der Waals surface area contributed by atoms with Crippen LogP contribution in [0.5, 0.6) is 0 Å². The summed E-state index contributed by atoms with van der Waals surface area (Å²) in [6, 6.07) is 0. The van der Waals surface area contributed by atoms with Crippen molar-refractivity contribution in [1.29, 1.82) is 0 Å². The molecule has 0 bridgehead atoms. The van der Waals surface area contributed by atoms with Crippen LogP contribution >= 0.6 is 0 Å². The zero-order valence-electron chi connectivity index (χ0n) is 9.40. The molecule has 0 saturated heterocycles. The summed E-state index contributed by atoms with van der Waals surface area (Å²) in [5, 5.41) is 0. The Hall–Kier alpha value is -0.0400. The molecule has 0 aliphatic heterocycles. The molecule has 0 aromatic rings. The van der Waals surface area contributed by atoms with Crippen LogP contribution in [0.2, 0.25) is 0 Å². The van der Waals surface area contributed by atoms with E-state index in [1.807, 2.05) is 0 Å². The third kappa shape index (κ3) is 22.5. The molecule has 0 aromatic carbocycles. The van der Waals surface area contributed by atoms with Gasteiger partial charge in [0, 0.05) is 0 Å². The van der Waals surface area contributed by atoms with Crippen molar-refractivity contribution >= 4 is 0 Å². The Balaban J connectivity index is 0. The van der Waals surface area contributed by atoms with Crippen LogP contribution in [0.15, 0.2) is 0 Å². The van der Waals surface area contributed by atoms with Gasteiger partial charge in [-0.3, -0.25) is 0 Å². The first kappa shape index (κ1) is 14.5. The lowest BCUT2D eigenvalue weighted by molar-refractivity contribution is 0.626. The molecule has 0 aliphatic rings. The monoisotopic (exact) mass is 173 g/mol. The van der Waals surface area contributed by atoms with Crippen molar-refractivity contribution in [3.05, 3.63) is 0 Å². The fraction of sp³-hybridized carbons (Fsp3) is 1.00. The van der Waals surface area contributed by atoms with Crippen LogP contribution in [0, 0.1) is 5.92 Å². The van der Waals surface area contributed by atoms with Crippen molar-refractivity contribution in [2.45, 2.75) is 59.8 Å². The molecular formula is C11H27N. The summed E-state index contributed by atoms with van der Waals surface area (Å²) >= 11 is 0. The van der Waals surface area contributed by atoms with Crippen molar-refractivity contribution in [2.24, 2.45) is 11.7 Å². The van der Waals surface area contributed by atoms with E-state index >= 15 is 0 Å². The number of rotatable bonds is 5. The molecule has 0 heterocycles. The van der Waals surface area contributed by atoms with E-state index in [9.17, 15) is 0 Å². The van der Waals surface area contributed by atoms with Gasteiger partial charge in [-0.15, -0.1) is 0 Å². The number of nitrogens with two attached hydrogens (primary N) is 1. The van der Waals surface area contributed by atoms with Gasteiger partial charge < -0.3 is 5.73 Å². The van der Waals surface area contributed by atoms with Crippen molar-refractivity contribution in [1.82, 2.24) is 0 Å². The largest absolute Gasteiger partial charge is 0.330 e. The minimum atomic E-state index is 0.861. The molecule has 0 saturated carbocycles. The number of unbranched alkanes of at least 4 members (excludes halogenated alkanes) is 3. The van der Waals surface area contributed by atoms with Gasteiger partial charge in [0.25, 0.3) is 0 Å². The van der Waals surface area contributed by atoms with E-state index in [-0.39, 0.29) is 0 Å². The van der Waals surface area contributed by atoms with Gasteiger partial charge in [0.2, 0.25) is 0 Å². The predicted octanol–water partition coefficient (Wildman–Crippen LogP) is 3.58. The molecule has 1 nitrogen and oxygen atoms in total. The minimum absolute atomic E-state index is 0.861. The van der Waals surface area contributed by atoms with Crippen LogP contribution in [-0.4, -0.2) is 6.54 Å². The second-order valence-corrected chi connectivity index (χ2v) is 3.65. The molecule has 0 aromatic heterocycles. The van der Waals surface area contributed by atoms with Gasteiger partial charge in [0.05, 0.1) is 0 Å². The molecule has 76 valence electrons. The van der Waals surface area contributed by atoms with Gasteiger partial charge in [-0.2, -0.15) is 0 Å². The molecule has 0 atom stereocenters. The third-order valence-electron chi connectivity index (χ3n) is 1.87. The van der Waals surface area contributed by atoms with Crippen LogP contribution in [0.3, 0.4) is 0 Å². The molecule has 2 N–H and O–H groups in total. The molecule has 0 spiro atoms. The summed E-state index contributed by atoms with van der Waals surface area (Å²) in [5.41, 5.74) is 5.27. The highest BCUT2D eigenvalue weighted by Gasteiger charge is 1.80. The van der Waals surface area contributed by atoms with Crippen LogP contribution in [-0.2, 0) is 0 Å². The highest BCUT2D eigenvalue weighted by atomic mass is 14.5. The molecule has 12 heavy (non-hydrogen) atoms. The second kappa shape index (κ2) is 13.5. The maximum atomic E-state index is 5.27. The van der Waals surface area contributed by atoms with Crippen molar-refractivity contribution in [2.75, 3.05) is 6.54 Å². The van der Waals surface area contributed by atoms with Crippen LogP contribution in [0.4, 0.5) is 0 Å². The second-order valence-electron chi connectivity index (χ2n) is 3.65. The highest BCUT2D eigenvalue weighted by Crippen LogP contribution is 1.95. The van der Waals surface area contributed by atoms with E-state index in [4.69, 9.17) is 5.73 Å². The fourth-order valence-electron chi connectivity index (χ4n) is 0.571. The van der Waals surface area contributed by atoms with E-state index in [0.717, 1.165) is 12.5 Å². The zero-order chi connectivity index (χ0) is 9.82. The lowest BCUT2D eigenvalue weighted by Crippen LogP contribution is -1.97. The predicted molar refractivity (Wildman–Crippen MR) is 58.3 cm³/mol. The third-order valence-corrected chi connectivity index (χ3v) is 1.87. The Morgan fingerprint density at radius 1 is 1.00 bits per heavy atom. The van der Waals surface area contributed by atoms with Gasteiger partial charge in [-0.05, 0) is 18.9 Å². The first-order chi connectivity index (χ1) is 5.68. The standard InChI is InChI=1S/C6H15N.C5H12/c1-2-3-4-5-6-7;1-4-5(2)3/h2-7H2,1H3;5H,4H2,1-3H3.